The fourth-order valence-corrected chi connectivity index (χ4v) is 4.19. The smallest absolute Gasteiger partial charge is 0.193 e. The highest BCUT2D eigenvalue weighted by molar-refractivity contribution is 8.00. The maximum atomic E-state index is 4.81. The number of rotatable bonds is 5. The van der Waals surface area contributed by atoms with Crippen LogP contribution in [0.3, 0.4) is 0 Å². The van der Waals surface area contributed by atoms with E-state index >= 15 is 0 Å². The molecule has 1 aromatic heterocycles. The predicted octanol–water partition coefficient (Wildman–Crippen LogP) is 3.08. The molecule has 20 heavy (non-hydrogen) atoms. The molecule has 1 fully saturated rings. The fraction of sp³-hybridized carbons (Fsp3) is 0.667. The topological polar surface area (TPSA) is 27.6 Å². The Labute approximate surface area is 130 Å². The van der Waals surface area contributed by atoms with Crippen molar-refractivity contribution in [1.29, 1.82) is 0 Å². The Morgan fingerprint density at radius 1 is 1.50 bits per heavy atom. The van der Waals surface area contributed by atoms with E-state index in [1.165, 1.54) is 17.1 Å². The van der Waals surface area contributed by atoms with Gasteiger partial charge in [-0.15, -0.1) is 11.3 Å². The lowest BCUT2D eigenvalue weighted by atomic mass is 10.3. The third-order valence-electron chi connectivity index (χ3n) is 3.43. The quantitative estimate of drug-likeness (QED) is 0.669. The van der Waals surface area contributed by atoms with E-state index in [0.717, 1.165) is 43.8 Å². The van der Waals surface area contributed by atoms with Crippen molar-refractivity contribution >= 4 is 29.1 Å². The van der Waals surface area contributed by atoms with Crippen molar-refractivity contribution in [1.82, 2.24) is 10.2 Å². The average molecular weight is 312 g/mol. The molecule has 1 aliphatic rings. The highest BCUT2D eigenvalue weighted by Gasteiger charge is 2.21. The van der Waals surface area contributed by atoms with Crippen LogP contribution in [0.2, 0.25) is 0 Å². The fourth-order valence-electron chi connectivity index (χ4n) is 2.31. The van der Waals surface area contributed by atoms with Crippen molar-refractivity contribution in [3.05, 3.63) is 22.4 Å². The van der Waals surface area contributed by atoms with E-state index in [0.29, 0.717) is 0 Å². The first-order valence-electron chi connectivity index (χ1n) is 7.50. The molecule has 2 heterocycles. The van der Waals surface area contributed by atoms with Gasteiger partial charge in [0.2, 0.25) is 0 Å². The number of thioether (sulfide) groups is 1. The van der Waals surface area contributed by atoms with E-state index in [-0.39, 0.29) is 0 Å². The number of guanidine groups is 1. The Morgan fingerprint density at radius 3 is 3.10 bits per heavy atom. The highest BCUT2D eigenvalue weighted by Crippen LogP contribution is 2.21. The lowest BCUT2D eigenvalue weighted by molar-refractivity contribution is 0.408. The first kappa shape index (κ1) is 15.7. The summed E-state index contributed by atoms with van der Waals surface area (Å²) in [7, 11) is 0. The van der Waals surface area contributed by atoms with Crippen molar-refractivity contribution in [2.75, 3.05) is 31.9 Å². The van der Waals surface area contributed by atoms with Gasteiger partial charge in [-0.05, 0) is 24.8 Å². The first-order chi connectivity index (χ1) is 9.83. The predicted molar refractivity (Wildman–Crippen MR) is 92.1 cm³/mol. The van der Waals surface area contributed by atoms with Crippen LogP contribution in [0.4, 0.5) is 0 Å². The average Bonchev–Trinajstić information content (AvgIpc) is 3.00. The van der Waals surface area contributed by atoms with E-state index in [2.05, 4.69) is 53.3 Å². The van der Waals surface area contributed by atoms with Crippen LogP contribution in [-0.4, -0.2) is 48.0 Å². The maximum absolute atomic E-state index is 4.81. The largest absolute Gasteiger partial charge is 0.357 e. The Bertz CT molecular complexity index is 403. The number of hydrogen-bond acceptors (Lipinski definition) is 3. The maximum Gasteiger partial charge on any atom is 0.193 e. The SMILES string of the molecule is CCNC(=NCCc1cccs1)N1CCSC(CC)C1. The molecule has 5 heteroatoms. The lowest BCUT2D eigenvalue weighted by Gasteiger charge is -2.34. The molecular weight excluding hydrogens is 286 g/mol. The third kappa shape index (κ3) is 4.70. The minimum absolute atomic E-state index is 0.755. The molecule has 1 aliphatic heterocycles. The summed E-state index contributed by atoms with van der Waals surface area (Å²) < 4.78 is 0. The van der Waals surface area contributed by atoms with Gasteiger partial charge in [0, 0.05) is 48.5 Å². The Morgan fingerprint density at radius 2 is 2.40 bits per heavy atom. The van der Waals surface area contributed by atoms with E-state index in [1.54, 1.807) is 0 Å². The molecule has 1 unspecified atom stereocenters. The second kappa shape index (κ2) is 8.57. The van der Waals surface area contributed by atoms with Gasteiger partial charge in [-0.2, -0.15) is 11.8 Å². The lowest BCUT2D eigenvalue weighted by Crippen LogP contribution is -2.48. The monoisotopic (exact) mass is 311 g/mol. The number of hydrogen-bond donors (Lipinski definition) is 1. The van der Waals surface area contributed by atoms with Gasteiger partial charge in [0.15, 0.2) is 5.96 Å². The van der Waals surface area contributed by atoms with Crippen LogP contribution in [0.15, 0.2) is 22.5 Å². The number of thiophene rings is 1. The van der Waals surface area contributed by atoms with Gasteiger partial charge in [-0.1, -0.05) is 13.0 Å². The summed E-state index contributed by atoms with van der Waals surface area (Å²) in [6.45, 7) is 8.49. The molecular formula is C15H25N3S2. The van der Waals surface area contributed by atoms with Crippen molar-refractivity contribution in [3.63, 3.8) is 0 Å². The Hall–Kier alpha value is -0.680. The summed E-state index contributed by atoms with van der Waals surface area (Å²) in [6.07, 6.45) is 2.29. The molecule has 0 amide bonds. The minimum atomic E-state index is 0.755. The van der Waals surface area contributed by atoms with E-state index in [4.69, 9.17) is 4.99 Å². The van der Waals surface area contributed by atoms with Crippen LogP contribution in [-0.2, 0) is 6.42 Å². The normalized spacial score (nSPS) is 20.2. The van der Waals surface area contributed by atoms with Crippen molar-refractivity contribution in [2.45, 2.75) is 31.9 Å². The molecule has 0 aliphatic carbocycles. The number of nitrogens with zero attached hydrogens (tertiary/aromatic N) is 2. The summed E-state index contributed by atoms with van der Waals surface area (Å²) in [5.41, 5.74) is 0. The van der Waals surface area contributed by atoms with Crippen LogP contribution >= 0.6 is 23.1 Å². The molecule has 3 nitrogen and oxygen atoms in total. The van der Waals surface area contributed by atoms with Crippen molar-refractivity contribution < 1.29 is 0 Å². The molecule has 0 spiro atoms. The van der Waals surface area contributed by atoms with Gasteiger partial charge in [0.1, 0.15) is 0 Å². The molecule has 1 atom stereocenters. The highest BCUT2D eigenvalue weighted by atomic mass is 32.2. The molecule has 0 saturated carbocycles. The zero-order valence-electron chi connectivity index (χ0n) is 12.5. The molecule has 1 aromatic rings. The summed E-state index contributed by atoms with van der Waals surface area (Å²) >= 11 is 3.92. The summed E-state index contributed by atoms with van der Waals surface area (Å²) in [6, 6.07) is 4.31. The van der Waals surface area contributed by atoms with Crippen molar-refractivity contribution in [3.8, 4) is 0 Å². The van der Waals surface area contributed by atoms with Crippen LogP contribution < -0.4 is 5.32 Å². The second-order valence-corrected chi connectivity index (χ2v) is 7.35. The van der Waals surface area contributed by atoms with E-state index in [9.17, 15) is 0 Å². The van der Waals surface area contributed by atoms with Gasteiger partial charge in [-0.25, -0.2) is 0 Å². The van der Waals surface area contributed by atoms with Gasteiger partial charge in [0.25, 0.3) is 0 Å². The zero-order chi connectivity index (χ0) is 14.2. The second-order valence-electron chi connectivity index (χ2n) is 4.91. The Balaban J connectivity index is 1.90. The van der Waals surface area contributed by atoms with Crippen molar-refractivity contribution in [2.24, 2.45) is 4.99 Å². The molecule has 0 radical (unpaired) electrons. The van der Waals surface area contributed by atoms with Gasteiger partial charge >= 0.3 is 0 Å². The Kier molecular flexibility index (Phi) is 6.73. The van der Waals surface area contributed by atoms with E-state index < -0.39 is 0 Å². The molecule has 2 rings (SSSR count). The summed E-state index contributed by atoms with van der Waals surface area (Å²) in [5.74, 6) is 2.32. The van der Waals surface area contributed by atoms with Crippen LogP contribution in [0.1, 0.15) is 25.1 Å². The summed E-state index contributed by atoms with van der Waals surface area (Å²) in [4.78, 5) is 8.66. The molecule has 0 aromatic carbocycles. The van der Waals surface area contributed by atoms with Crippen LogP contribution in [0.25, 0.3) is 0 Å². The zero-order valence-corrected chi connectivity index (χ0v) is 14.1. The van der Waals surface area contributed by atoms with Crippen LogP contribution in [0, 0.1) is 0 Å². The van der Waals surface area contributed by atoms with Gasteiger partial charge < -0.3 is 10.2 Å². The molecule has 112 valence electrons. The first-order valence-corrected chi connectivity index (χ1v) is 9.43. The van der Waals surface area contributed by atoms with Crippen LogP contribution in [0.5, 0.6) is 0 Å². The molecule has 0 bridgehead atoms. The molecule has 1 saturated heterocycles. The minimum Gasteiger partial charge on any atom is -0.357 e. The third-order valence-corrected chi connectivity index (χ3v) is 5.74. The number of aliphatic imine (C=N–C) groups is 1. The van der Waals surface area contributed by atoms with Gasteiger partial charge in [0.05, 0.1) is 0 Å². The summed E-state index contributed by atoms with van der Waals surface area (Å²) in [5, 5.41) is 6.34. The number of nitrogens with one attached hydrogen (secondary N) is 1. The standard InChI is InChI=1S/C15H25N3S2/c1-3-13-12-18(9-11-20-13)15(16-4-2)17-8-7-14-6-5-10-19-14/h5-6,10,13H,3-4,7-9,11-12H2,1-2H3,(H,16,17). The van der Waals surface area contributed by atoms with E-state index in [1.807, 2.05) is 11.3 Å². The van der Waals surface area contributed by atoms with Gasteiger partial charge in [-0.3, -0.25) is 4.99 Å². The molecule has 1 N–H and O–H groups in total.